The van der Waals surface area contributed by atoms with Crippen molar-refractivity contribution in [2.45, 2.75) is 13.3 Å². The molecule has 0 aromatic heterocycles. The SMILES string of the molecule is COc1ccccc1C(=O)NC(=O)COC(=O)C1CC1C. The summed E-state index contributed by atoms with van der Waals surface area (Å²) in [7, 11) is 1.44. The average molecular weight is 291 g/mol. The van der Waals surface area contributed by atoms with Gasteiger partial charge in [-0.3, -0.25) is 19.7 Å². The summed E-state index contributed by atoms with van der Waals surface area (Å²) in [6.07, 6.45) is 0.792. The van der Waals surface area contributed by atoms with E-state index < -0.39 is 18.4 Å². The lowest BCUT2D eigenvalue weighted by molar-refractivity contribution is -0.149. The molecule has 1 aliphatic rings. The number of esters is 1. The van der Waals surface area contributed by atoms with Crippen molar-refractivity contribution < 1.29 is 23.9 Å². The number of carbonyl (C=O) groups excluding carboxylic acids is 3. The van der Waals surface area contributed by atoms with Gasteiger partial charge in [0.05, 0.1) is 18.6 Å². The predicted molar refractivity (Wildman–Crippen MR) is 73.7 cm³/mol. The molecule has 2 atom stereocenters. The summed E-state index contributed by atoms with van der Waals surface area (Å²) in [4.78, 5) is 35.0. The van der Waals surface area contributed by atoms with Crippen LogP contribution in [0.25, 0.3) is 0 Å². The Morgan fingerprint density at radius 3 is 2.57 bits per heavy atom. The van der Waals surface area contributed by atoms with Crippen LogP contribution in [0, 0.1) is 11.8 Å². The van der Waals surface area contributed by atoms with Gasteiger partial charge in [-0.25, -0.2) is 0 Å². The molecule has 2 amide bonds. The zero-order valence-electron chi connectivity index (χ0n) is 11.9. The van der Waals surface area contributed by atoms with Gasteiger partial charge in [0.2, 0.25) is 0 Å². The van der Waals surface area contributed by atoms with Crippen molar-refractivity contribution in [3.05, 3.63) is 29.8 Å². The normalized spacial score (nSPS) is 19.5. The Labute approximate surface area is 122 Å². The molecule has 0 heterocycles. The fourth-order valence-corrected chi connectivity index (χ4v) is 1.96. The summed E-state index contributed by atoms with van der Waals surface area (Å²) in [5, 5.41) is 2.16. The molecular weight excluding hydrogens is 274 g/mol. The van der Waals surface area contributed by atoms with E-state index in [1.165, 1.54) is 7.11 Å². The number of methoxy groups -OCH3 is 1. The van der Waals surface area contributed by atoms with Crippen LogP contribution in [0.2, 0.25) is 0 Å². The van der Waals surface area contributed by atoms with Crippen LogP contribution in [0.4, 0.5) is 0 Å². The first-order valence-electron chi connectivity index (χ1n) is 6.66. The molecule has 0 saturated heterocycles. The maximum atomic E-state index is 11.9. The monoisotopic (exact) mass is 291 g/mol. The number of hydrogen-bond donors (Lipinski definition) is 1. The van der Waals surface area contributed by atoms with E-state index in [1.807, 2.05) is 6.92 Å². The summed E-state index contributed by atoms with van der Waals surface area (Å²) in [6.45, 7) is 1.49. The van der Waals surface area contributed by atoms with E-state index in [4.69, 9.17) is 9.47 Å². The minimum absolute atomic E-state index is 0.109. The summed E-state index contributed by atoms with van der Waals surface area (Å²) in [5.41, 5.74) is 0.246. The van der Waals surface area contributed by atoms with E-state index >= 15 is 0 Å². The molecule has 1 fully saturated rings. The lowest BCUT2D eigenvalue weighted by Gasteiger charge is -2.08. The number of amides is 2. The third-order valence-electron chi connectivity index (χ3n) is 3.36. The maximum absolute atomic E-state index is 11.9. The first kappa shape index (κ1) is 15.0. The van der Waals surface area contributed by atoms with E-state index in [0.717, 1.165) is 6.42 Å². The zero-order valence-corrected chi connectivity index (χ0v) is 11.9. The second-order valence-electron chi connectivity index (χ2n) is 5.00. The molecule has 2 rings (SSSR count). The molecule has 21 heavy (non-hydrogen) atoms. The van der Waals surface area contributed by atoms with E-state index in [1.54, 1.807) is 24.3 Å². The van der Waals surface area contributed by atoms with Gasteiger partial charge in [-0.05, 0) is 24.5 Å². The van der Waals surface area contributed by atoms with Crippen molar-refractivity contribution in [1.82, 2.24) is 5.32 Å². The molecule has 6 heteroatoms. The third kappa shape index (κ3) is 3.81. The Morgan fingerprint density at radius 2 is 1.95 bits per heavy atom. The second-order valence-corrected chi connectivity index (χ2v) is 5.00. The molecule has 6 nitrogen and oxygen atoms in total. The van der Waals surface area contributed by atoms with Crippen molar-refractivity contribution in [2.75, 3.05) is 13.7 Å². The number of carbonyl (C=O) groups is 3. The standard InChI is InChI=1S/C15H17NO5/c1-9-7-11(9)15(19)21-8-13(17)16-14(18)10-5-3-4-6-12(10)20-2/h3-6,9,11H,7-8H2,1-2H3,(H,16,17,18). The van der Waals surface area contributed by atoms with Crippen LogP contribution in [-0.4, -0.2) is 31.5 Å². The number of para-hydroxylation sites is 1. The van der Waals surface area contributed by atoms with Crippen molar-refractivity contribution in [1.29, 1.82) is 0 Å². The van der Waals surface area contributed by atoms with Crippen LogP contribution >= 0.6 is 0 Å². The van der Waals surface area contributed by atoms with Gasteiger partial charge >= 0.3 is 5.97 Å². The number of hydrogen-bond acceptors (Lipinski definition) is 5. The van der Waals surface area contributed by atoms with Crippen LogP contribution in [0.5, 0.6) is 5.75 Å². The largest absolute Gasteiger partial charge is 0.496 e. The minimum Gasteiger partial charge on any atom is -0.496 e. The number of imide groups is 1. The van der Waals surface area contributed by atoms with Crippen molar-refractivity contribution in [3.63, 3.8) is 0 Å². The number of nitrogens with one attached hydrogen (secondary N) is 1. The van der Waals surface area contributed by atoms with E-state index in [0.29, 0.717) is 11.7 Å². The molecule has 0 bridgehead atoms. The lowest BCUT2D eigenvalue weighted by Crippen LogP contribution is -2.34. The maximum Gasteiger partial charge on any atom is 0.309 e. The van der Waals surface area contributed by atoms with Crippen LogP contribution in [-0.2, 0) is 14.3 Å². The van der Waals surface area contributed by atoms with Gasteiger partial charge < -0.3 is 9.47 Å². The summed E-state index contributed by atoms with van der Waals surface area (Å²) in [6, 6.07) is 6.54. The first-order valence-corrected chi connectivity index (χ1v) is 6.66. The fourth-order valence-electron chi connectivity index (χ4n) is 1.96. The van der Waals surface area contributed by atoms with Crippen molar-refractivity contribution in [3.8, 4) is 5.75 Å². The molecule has 1 aliphatic carbocycles. The third-order valence-corrected chi connectivity index (χ3v) is 3.36. The summed E-state index contributed by atoms with van der Waals surface area (Å²) < 4.78 is 9.90. The van der Waals surface area contributed by atoms with Gasteiger partial charge in [0.15, 0.2) is 6.61 Å². The molecule has 2 unspecified atom stereocenters. The fraction of sp³-hybridized carbons (Fsp3) is 0.400. The average Bonchev–Trinajstić information content (AvgIpc) is 3.21. The van der Waals surface area contributed by atoms with Crippen LogP contribution in [0.3, 0.4) is 0 Å². The minimum atomic E-state index is -0.660. The number of benzene rings is 1. The van der Waals surface area contributed by atoms with Gasteiger partial charge in [0.1, 0.15) is 5.75 Å². The molecular formula is C15H17NO5. The molecule has 1 aromatic carbocycles. The van der Waals surface area contributed by atoms with Crippen LogP contribution in [0.1, 0.15) is 23.7 Å². The molecule has 0 spiro atoms. The van der Waals surface area contributed by atoms with Gasteiger partial charge in [-0.1, -0.05) is 19.1 Å². The van der Waals surface area contributed by atoms with Gasteiger partial charge in [-0.2, -0.15) is 0 Å². The van der Waals surface area contributed by atoms with Crippen LogP contribution in [0.15, 0.2) is 24.3 Å². The van der Waals surface area contributed by atoms with Crippen molar-refractivity contribution in [2.24, 2.45) is 11.8 Å². The van der Waals surface area contributed by atoms with E-state index in [-0.39, 0.29) is 17.5 Å². The highest BCUT2D eigenvalue weighted by molar-refractivity contribution is 6.06. The van der Waals surface area contributed by atoms with Gasteiger partial charge in [0.25, 0.3) is 11.8 Å². The number of ether oxygens (including phenoxy) is 2. The Balaban J connectivity index is 1.84. The highest BCUT2D eigenvalue weighted by atomic mass is 16.5. The molecule has 0 radical (unpaired) electrons. The first-order chi connectivity index (χ1) is 10.0. The van der Waals surface area contributed by atoms with Gasteiger partial charge in [0, 0.05) is 0 Å². The number of rotatable bonds is 5. The summed E-state index contributed by atoms with van der Waals surface area (Å²) in [5.74, 6) is -1.06. The van der Waals surface area contributed by atoms with E-state index in [2.05, 4.69) is 5.32 Å². The Hall–Kier alpha value is -2.37. The van der Waals surface area contributed by atoms with E-state index in [9.17, 15) is 14.4 Å². The Bertz CT molecular complexity index is 569. The lowest BCUT2D eigenvalue weighted by atomic mass is 10.2. The Morgan fingerprint density at radius 1 is 1.29 bits per heavy atom. The molecule has 1 N–H and O–H groups in total. The highest BCUT2D eigenvalue weighted by Gasteiger charge is 2.40. The zero-order chi connectivity index (χ0) is 15.4. The molecule has 112 valence electrons. The molecule has 1 aromatic rings. The highest BCUT2D eigenvalue weighted by Crippen LogP contribution is 2.38. The molecule has 0 aliphatic heterocycles. The smallest absolute Gasteiger partial charge is 0.309 e. The van der Waals surface area contributed by atoms with Crippen molar-refractivity contribution >= 4 is 17.8 Å². The van der Waals surface area contributed by atoms with Gasteiger partial charge in [-0.15, -0.1) is 0 Å². The quantitative estimate of drug-likeness (QED) is 0.823. The second kappa shape index (κ2) is 6.39. The summed E-state index contributed by atoms with van der Waals surface area (Å²) >= 11 is 0. The van der Waals surface area contributed by atoms with Crippen LogP contribution < -0.4 is 10.1 Å². The Kier molecular flexibility index (Phi) is 4.57. The molecule has 1 saturated carbocycles. The predicted octanol–water partition coefficient (Wildman–Crippen LogP) is 1.15. The topological polar surface area (TPSA) is 81.7 Å².